The van der Waals surface area contributed by atoms with Crippen molar-refractivity contribution in [2.24, 2.45) is 0 Å². The van der Waals surface area contributed by atoms with E-state index in [9.17, 15) is 4.79 Å². The van der Waals surface area contributed by atoms with Crippen molar-refractivity contribution in [3.05, 3.63) is 101 Å². The summed E-state index contributed by atoms with van der Waals surface area (Å²) in [5.74, 6) is 0.240. The summed E-state index contributed by atoms with van der Waals surface area (Å²) in [5, 5.41) is 8.80. The molecule has 0 amide bonds. The second-order valence-electron chi connectivity index (χ2n) is 8.49. The van der Waals surface area contributed by atoms with Gasteiger partial charge in [0.1, 0.15) is 18.1 Å². The molecular weight excluding hydrogens is 442 g/mol. The Morgan fingerprint density at radius 2 is 1.69 bits per heavy atom. The van der Waals surface area contributed by atoms with Crippen LogP contribution in [-0.2, 0) is 16.1 Å². The fourth-order valence-electron chi connectivity index (χ4n) is 4.06. The van der Waals surface area contributed by atoms with Crippen LogP contribution in [0.2, 0.25) is 0 Å². The minimum absolute atomic E-state index is 0.366. The van der Waals surface area contributed by atoms with Gasteiger partial charge in [-0.3, -0.25) is 4.90 Å². The molecule has 3 aromatic carbocycles. The number of ether oxygens (including phenoxy) is 3. The number of carbonyl (C=O) groups is 1. The molecule has 1 aliphatic heterocycles. The molecule has 6 heteroatoms. The van der Waals surface area contributed by atoms with Gasteiger partial charge in [-0.2, -0.15) is 0 Å². The topological polar surface area (TPSA) is 68.2 Å². The zero-order chi connectivity index (χ0) is 24.5. The number of benzene rings is 3. The number of aryl methyl sites for hydroxylation is 1. The van der Waals surface area contributed by atoms with Crippen LogP contribution in [0.3, 0.4) is 0 Å². The highest BCUT2D eigenvalue weighted by Crippen LogP contribution is 2.26. The molecule has 4 rings (SSSR count). The molecule has 1 heterocycles. The highest BCUT2D eigenvalue weighted by Gasteiger charge is 2.11. The zero-order valence-electron chi connectivity index (χ0n) is 20.0. The van der Waals surface area contributed by atoms with Crippen molar-refractivity contribution in [3.8, 4) is 11.5 Å². The Hall–Kier alpha value is -3.61. The van der Waals surface area contributed by atoms with Gasteiger partial charge in [0.05, 0.1) is 13.2 Å². The first-order valence-corrected chi connectivity index (χ1v) is 11.8. The van der Waals surface area contributed by atoms with E-state index < -0.39 is 5.97 Å². The minimum Gasteiger partial charge on any atom is -0.489 e. The molecule has 0 aromatic heterocycles. The third kappa shape index (κ3) is 7.18. The molecule has 0 bridgehead atoms. The molecule has 0 radical (unpaired) electrons. The summed E-state index contributed by atoms with van der Waals surface area (Å²) in [6, 6.07) is 24.4. The van der Waals surface area contributed by atoms with Crippen molar-refractivity contribution < 1.29 is 24.1 Å². The van der Waals surface area contributed by atoms with Crippen molar-refractivity contribution in [1.82, 2.24) is 4.90 Å². The second-order valence-corrected chi connectivity index (χ2v) is 8.49. The number of nitrogens with zero attached hydrogens (tertiary/aromatic N) is 1. The summed E-state index contributed by atoms with van der Waals surface area (Å²) in [7, 11) is 0. The molecule has 1 fully saturated rings. The van der Waals surface area contributed by atoms with Crippen LogP contribution in [0, 0.1) is 6.92 Å². The van der Waals surface area contributed by atoms with Crippen molar-refractivity contribution in [1.29, 1.82) is 0 Å². The van der Waals surface area contributed by atoms with E-state index in [1.54, 1.807) is 12.1 Å². The van der Waals surface area contributed by atoms with E-state index in [4.69, 9.17) is 19.3 Å². The molecule has 0 atom stereocenters. The van der Waals surface area contributed by atoms with Crippen LogP contribution in [0.1, 0.15) is 22.3 Å². The Morgan fingerprint density at radius 3 is 2.37 bits per heavy atom. The van der Waals surface area contributed by atoms with Gasteiger partial charge in [-0.1, -0.05) is 54.6 Å². The van der Waals surface area contributed by atoms with E-state index >= 15 is 0 Å². The largest absolute Gasteiger partial charge is 0.489 e. The summed E-state index contributed by atoms with van der Waals surface area (Å²) in [6.07, 6.45) is 2.09. The van der Waals surface area contributed by atoms with Crippen molar-refractivity contribution in [3.63, 3.8) is 0 Å². The molecule has 0 spiro atoms. The van der Waals surface area contributed by atoms with Gasteiger partial charge in [0.15, 0.2) is 6.61 Å². The molecular formula is C29H31NO5. The number of rotatable bonds is 10. The highest BCUT2D eigenvalue weighted by atomic mass is 16.5. The molecule has 0 aliphatic carbocycles. The maximum atomic E-state index is 10.7. The maximum Gasteiger partial charge on any atom is 0.341 e. The number of morpholine rings is 1. The van der Waals surface area contributed by atoms with Gasteiger partial charge in [-0.15, -0.1) is 0 Å². The van der Waals surface area contributed by atoms with Gasteiger partial charge in [0, 0.05) is 19.6 Å². The zero-order valence-corrected chi connectivity index (χ0v) is 20.0. The fourth-order valence-corrected chi connectivity index (χ4v) is 4.06. The number of carboxylic acid groups (broad SMARTS) is 1. The van der Waals surface area contributed by atoms with Gasteiger partial charge in [0.2, 0.25) is 0 Å². The van der Waals surface area contributed by atoms with Crippen LogP contribution in [0.25, 0.3) is 5.57 Å². The van der Waals surface area contributed by atoms with E-state index in [-0.39, 0.29) is 6.61 Å². The van der Waals surface area contributed by atoms with Crippen LogP contribution < -0.4 is 9.47 Å². The van der Waals surface area contributed by atoms with Crippen molar-refractivity contribution in [2.45, 2.75) is 13.5 Å². The van der Waals surface area contributed by atoms with Crippen LogP contribution in [0.15, 0.2) is 78.9 Å². The third-order valence-electron chi connectivity index (χ3n) is 5.89. The van der Waals surface area contributed by atoms with E-state index in [0.717, 1.165) is 55.1 Å². The molecule has 3 aromatic rings. The lowest BCUT2D eigenvalue weighted by molar-refractivity contribution is -0.139. The molecule has 0 saturated carbocycles. The summed E-state index contributed by atoms with van der Waals surface area (Å²) in [5.41, 5.74) is 5.50. The Bertz CT molecular complexity index is 1140. The Morgan fingerprint density at radius 1 is 0.971 bits per heavy atom. The number of hydrogen-bond donors (Lipinski definition) is 1. The number of hydrogen-bond acceptors (Lipinski definition) is 5. The monoisotopic (exact) mass is 473 g/mol. The summed E-state index contributed by atoms with van der Waals surface area (Å²) >= 11 is 0. The third-order valence-corrected chi connectivity index (χ3v) is 5.89. The summed E-state index contributed by atoms with van der Waals surface area (Å²) < 4.78 is 16.7. The smallest absolute Gasteiger partial charge is 0.341 e. The van der Waals surface area contributed by atoms with Crippen LogP contribution in [0.4, 0.5) is 0 Å². The number of aliphatic carboxylic acids is 1. The quantitative estimate of drug-likeness (QED) is 0.456. The molecule has 6 nitrogen and oxygen atoms in total. The van der Waals surface area contributed by atoms with Crippen LogP contribution >= 0.6 is 0 Å². The molecule has 1 aliphatic rings. The van der Waals surface area contributed by atoms with E-state index in [0.29, 0.717) is 18.1 Å². The lowest BCUT2D eigenvalue weighted by Crippen LogP contribution is -2.35. The van der Waals surface area contributed by atoms with Gasteiger partial charge >= 0.3 is 5.97 Å². The minimum atomic E-state index is -1.00. The highest BCUT2D eigenvalue weighted by molar-refractivity contribution is 5.79. The van der Waals surface area contributed by atoms with Crippen molar-refractivity contribution in [2.75, 3.05) is 39.5 Å². The first-order valence-electron chi connectivity index (χ1n) is 11.8. The van der Waals surface area contributed by atoms with Gasteiger partial charge in [-0.25, -0.2) is 4.79 Å². The molecule has 1 N–H and O–H groups in total. The number of carboxylic acids is 1. The predicted molar refractivity (Wildman–Crippen MR) is 136 cm³/mol. The van der Waals surface area contributed by atoms with E-state index in [2.05, 4.69) is 47.4 Å². The standard InChI is InChI=1S/C29H31NO5/c1-22-19-26(11-12-28(22)35-21-29(31)32)34-16-13-27(24-5-3-2-4-6-24)25-9-7-23(8-10-25)20-30-14-17-33-18-15-30/h2-13,19H,14-18,20-21H2,1H3,(H,31,32)/b27-13+. The Balaban J connectivity index is 1.46. The average Bonchev–Trinajstić information content (AvgIpc) is 2.88. The first kappa shape index (κ1) is 24.5. The van der Waals surface area contributed by atoms with Crippen LogP contribution in [0.5, 0.6) is 11.5 Å². The SMILES string of the molecule is Cc1cc(OC/C=C(\c2ccccc2)c2ccc(CN3CCOCC3)cc2)ccc1OCC(=O)O. The average molecular weight is 474 g/mol. The van der Waals surface area contributed by atoms with Gasteiger partial charge in [0.25, 0.3) is 0 Å². The lowest BCUT2D eigenvalue weighted by atomic mass is 9.96. The molecule has 0 unspecified atom stereocenters. The fraction of sp³-hybridized carbons (Fsp3) is 0.276. The second kappa shape index (κ2) is 12.2. The van der Waals surface area contributed by atoms with Crippen LogP contribution in [-0.4, -0.2) is 55.5 Å². The molecule has 35 heavy (non-hydrogen) atoms. The predicted octanol–water partition coefficient (Wildman–Crippen LogP) is 4.80. The Labute approximate surface area is 206 Å². The maximum absolute atomic E-state index is 10.7. The van der Waals surface area contributed by atoms with E-state index in [1.165, 1.54) is 5.56 Å². The normalized spacial score (nSPS) is 14.5. The molecule has 1 saturated heterocycles. The van der Waals surface area contributed by atoms with Crippen molar-refractivity contribution >= 4 is 11.5 Å². The summed E-state index contributed by atoms with van der Waals surface area (Å²) in [4.78, 5) is 13.2. The lowest BCUT2D eigenvalue weighted by Gasteiger charge is -2.26. The Kier molecular flexibility index (Phi) is 8.54. The first-order chi connectivity index (χ1) is 17.1. The summed E-state index contributed by atoms with van der Waals surface area (Å²) in [6.45, 7) is 6.38. The van der Waals surface area contributed by atoms with Gasteiger partial charge in [-0.05, 0) is 59.0 Å². The molecule has 182 valence electrons. The van der Waals surface area contributed by atoms with E-state index in [1.807, 2.05) is 31.2 Å². The van der Waals surface area contributed by atoms with Gasteiger partial charge < -0.3 is 19.3 Å².